The zero-order valence-corrected chi connectivity index (χ0v) is 14.8. The van der Waals surface area contributed by atoms with E-state index in [0.717, 1.165) is 24.2 Å². The Kier molecular flexibility index (Phi) is 4.24. The third-order valence-electron chi connectivity index (χ3n) is 4.69. The van der Waals surface area contributed by atoms with E-state index in [-0.39, 0.29) is 11.9 Å². The molecule has 1 fully saturated rings. The Morgan fingerprint density at radius 1 is 1.38 bits per heavy atom. The molecule has 26 heavy (non-hydrogen) atoms. The van der Waals surface area contributed by atoms with Crippen LogP contribution in [0.1, 0.15) is 18.9 Å². The number of guanidine groups is 1. The zero-order chi connectivity index (χ0) is 18.1. The molecule has 1 amide bonds. The molecule has 0 bridgehead atoms. The van der Waals surface area contributed by atoms with Gasteiger partial charge in [0, 0.05) is 24.5 Å². The summed E-state index contributed by atoms with van der Waals surface area (Å²) < 4.78 is 13.6. The summed E-state index contributed by atoms with van der Waals surface area (Å²) in [6.45, 7) is 3.84. The molecule has 0 spiro atoms. The van der Waals surface area contributed by atoms with Gasteiger partial charge < -0.3 is 18.9 Å². The highest BCUT2D eigenvalue weighted by Gasteiger charge is 2.37. The monoisotopic (exact) mass is 355 g/mol. The molecule has 2 aromatic rings. The first-order valence-electron chi connectivity index (χ1n) is 8.62. The molecule has 0 saturated carbocycles. The second-order valence-corrected chi connectivity index (χ2v) is 6.33. The van der Waals surface area contributed by atoms with Crippen molar-refractivity contribution >= 4 is 17.6 Å². The van der Waals surface area contributed by atoms with Crippen molar-refractivity contribution in [3.05, 3.63) is 36.4 Å². The Morgan fingerprint density at radius 2 is 2.27 bits per heavy atom. The lowest BCUT2D eigenvalue weighted by Crippen LogP contribution is -2.35. The van der Waals surface area contributed by atoms with Gasteiger partial charge in [0.1, 0.15) is 6.04 Å². The number of imidazole rings is 1. The molecule has 0 radical (unpaired) electrons. The predicted molar refractivity (Wildman–Crippen MR) is 95.6 cm³/mol. The van der Waals surface area contributed by atoms with Crippen molar-refractivity contribution in [3.63, 3.8) is 0 Å². The molecule has 2 aliphatic rings. The van der Waals surface area contributed by atoms with Crippen LogP contribution in [0.25, 0.3) is 0 Å². The van der Waals surface area contributed by atoms with Crippen LogP contribution in [0.15, 0.2) is 35.8 Å². The van der Waals surface area contributed by atoms with Crippen LogP contribution in [0.3, 0.4) is 0 Å². The molecule has 1 N–H and O–H groups in total. The van der Waals surface area contributed by atoms with E-state index in [2.05, 4.69) is 15.3 Å². The van der Waals surface area contributed by atoms with Gasteiger partial charge in [-0.1, -0.05) is 0 Å². The number of amides is 1. The average Bonchev–Trinajstić information content (AvgIpc) is 3.25. The Morgan fingerprint density at radius 3 is 3.04 bits per heavy atom. The van der Waals surface area contributed by atoms with E-state index >= 15 is 0 Å². The maximum atomic E-state index is 11.9. The van der Waals surface area contributed by atoms with E-state index < -0.39 is 0 Å². The van der Waals surface area contributed by atoms with E-state index in [1.54, 1.807) is 19.6 Å². The Bertz CT molecular complexity index is 847. The lowest BCUT2D eigenvalue weighted by Gasteiger charge is -2.28. The minimum Gasteiger partial charge on any atom is -0.492 e. The molecule has 1 saturated heterocycles. The van der Waals surface area contributed by atoms with E-state index in [1.165, 1.54) is 0 Å². The van der Waals surface area contributed by atoms with Gasteiger partial charge in [-0.05, 0) is 25.5 Å². The smallest absolute Gasteiger partial charge is 0.249 e. The van der Waals surface area contributed by atoms with Crippen molar-refractivity contribution in [1.29, 1.82) is 0 Å². The minimum absolute atomic E-state index is 0.0356. The largest absolute Gasteiger partial charge is 0.492 e. The number of rotatable bonds is 6. The topological polar surface area (TPSA) is 81.0 Å². The standard InChI is InChI=1S/C18H21N5O3/c1-12-17(24)21-18-20-14-4-5-15(16(25-2)13(14)10-23(12)18)26-9-3-7-22-8-6-19-11-22/h4-6,8,11-12H,3,7,9-10H2,1-2H3,(H,20,21,24). The zero-order valence-electron chi connectivity index (χ0n) is 14.8. The van der Waals surface area contributed by atoms with Gasteiger partial charge >= 0.3 is 0 Å². The Hall–Kier alpha value is -3.03. The number of nitrogens with one attached hydrogen (secondary N) is 1. The van der Waals surface area contributed by atoms with Gasteiger partial charge in [0.2, 0.25) is 11.9 Å². The molecule has 2 aliphatic heterocycles. The third-order valence-corrected chi connectivity index (χ3v) is 4.69. The molecule has 3 heterocycles. The van der Waals surface area contributed by atoms with Gasteiger partial charge in [-0.2, -0.15) is 0 Å². The summed E-state index contributed by atoms with van der Waals surface area (Å²) >= 11 is 0. The number of carbonyl (C=O) groups is 1. The predicted octanol–water partition coefficient (Wildman–Crippen LogP) is 1.68. The maximum absolute atomic E-state index is 11.9. The van der Waals surface area contributed by atoms with Gasteiger partial charge in [0.05, 0.1) is 32.3 Å². The molecular weight excluding hydrogens is 334 g/mol. The third kappa shape index (κ3) is 2.87. The van der Waals surface area contributed by atoms with Crippen LogP contribution in [0, 0.1) is 0 Å². The number of carbonyl (C=O) groups excluding carboxylic acids is 1. The van der Waals surface area contributed by atoms with Crippen LogP contribution in [0.2, 0.25) is 0 Å². The summed E-state index contributed by atoms with van der Waals surface area (Å²) in [4.78, 5) is 22.4. The lowest BCUT2D eigenvalue weighted by atomic mass is 10.1. The second-order valence-electron chi connectivity index (χ2n) is 6.33. The SMILES string of the molecule is COc1c(OCCCn2ccnc2)ccc2c1CN1C(=N2)NC(=O)C1C. The van der Waals surface area contributed by atoms with Crippen LogP contribution in [0.4, 0.5) is 5.69 Å². The number of aliphatic imine (C=N–C) groups is 1. The summed E-state index contributed by atoms with van der Waals surface area (Å²) in [5.41, 5.74) is 1.74. The summed E-state index contributed by atoms with van der Waals surface area (Å²) in [6, 6.07) is 3.53. The first kappa shape index (κ1) is 16.4. The number of ether oxygens (including phenoxy) is 2. The fourth-order valence-corrected chi connectivity index (χ4v) is 3.24. The Balaban J connectivity index is 1.49. The minimum atomic E-state index is -0.244. The van der Waals surface area contributed by atoms with Crippen LogP contribution >= 0.6 is 0 Å². The second kappa shape index (κ2) is 6.70. The molecule has 1 aromatic heterocycles. The molecule has 8 heteroatoms. The number of methoxy groups -OCH3 is 1. The van der Waals surface area contributed by atoms with E-state index in [9.17, 15) is 4.79 Å². The van der Waals surface area contributed by atoms with Gasteiger partial charge in [-0.15, -0.1) is 0 Å². The lowest BCUT2D eigenvalue weighted by molar-refractivity contribution is -0.121. The van der Waals surface area contributed by atoms with Crippen LogP contribution in [-0.2, 0) is 17.9 Å². The summed E-state index contributed by atoms with van der Waals surface area (Å²) in [7, 11) is 1.63. The highest BCUT2D eigenvalue weighted by Crippen LogP contribution is 2.41. The first-order valence-corrected chi connectivity index (χ1v) is 8.62. The van der Waals surface area contributed by atoms with Gasteiger partial charge in [0.15, 0.2) is 11.5 Å². The molecule has 8 nitrogen and oxygen atoms in total. The quantitative estimate of drug-likeness (QED) is 0.798. The van der Waals surface area contributed by atoms with Gasteiger partial charge in [0.25, 0.3) is 0 Å². The highest BCUT2D eigenvalue weighted by molar-refractivity contribution is 6.07. The van der Waals surface area contributed by atoms with Crippen LogP contribution < -0.4 is 14.8 Å². The first-order chi connectivity index (χ1) is 12.7. The van der Waals surface area contributed by atoms with Crippen molar-refractivity contribution < 1.29 is 14.3 Å². The molecule has 0 aliphatic carbocycles. The molecule has 4 rings (SSSR count). The van der Waals surface area contributed by atoms with Crippen molar-refractivity contribution in [2.24, 2.45) is 4.99 Å². The van der Waals surface area contributed by atoms with E-state index in [0.29, 0.717) is 30.6 Å². The number of hydrogen-bond acceptors (Lipinski definition) is 6. The number of fused-ring (bicyclic) bond motifs is 2. The maximum Gasteiger partial charge on any atom is 0.249 e. The van der Waals surface area contributed by atoms with E-state index in [4.69, 9.17) is 9.47 Å². The fourth-order valence-electron chi connectivity index (χ4n) is 3.24. The van der Waals surface area contributed by atoms with Crippen molar-refractivity contribution in [3.8, 4) is 11.5 Å². The molecule has 136 valence electrons. The van der Waals surface area contributed by atoms with Gasteiger partial charge in [-0.25, -0.2) is 9.98 Å². The molecular formula is C18H21N5O3. The average molecular weight is 355 g/mol. The number of aromatic nitrogens is 2. The number of benzene rings is 1. The van der Waals surface area contributed by atoms with E-state index in [1.807, 2.05) is 34.7 Å². The summed E-state index contributed by atoms with van der Waals surface area (Å²) in [5.74, 6) is 1.94. The molecule has 1 unspecified atom stereocenters. The normalized spacial score (nSPS) is 18.1. The number of nitrogens with zero attached hydrogens (tertiary/aromatic N) is 4. The van der Waals surface area contributed by atoms with Gasteiger partial charge in [-0.3, -0.25) is 10.1 Å². The summed E-state index contributed by atoms with van der Waals surface area (Å²) in [6.07, 6.45) is 6.35. The van der Waals surface area contributed by atoms with Crippen molar-refractivity contribution in [2.75, 3.05) is 13.7 Å². The fraction of sp³-hybridized carbons (Fsp3) is 0.389. The molecule has 1 aromatic carbocycles. The van der Waals surface area contributed by atoms with Crippen molar-refractivity contribution in [1.82, 2.24) is 19.8 Å². The molecule has 1 atom stereocenters. The van der Waals surface area contributed by atoms with Crippen molar-refractivity contribution in [2.45, 2.75) is 32.5 Å². The summed E-state index contributed by atoms with van der Waals surface area (Å²) in [5, 5.41) is 2.81. The van der Waals surface area contributed by atoms with Crippen LogP contribution in [0.5, 0.6) is 11.5 Å². The number of hydrogen-bond donors (Lipinski definition) is 1. The van der Waals surface area contributed by atoms with Crippen LogP contribution in [-0.4, -0.2) is 46.1 Å². The highest BCUT2D eigenvalue weighted by atomic mass is 16.5. The Labute approximate surface area is 151 Å². The number of aryl methyl sites for hydroxylation is 1.